The van der Waals surface area contributed by atoms with E-state index in [9.17, 15) is 4.79 Å². The van der Waals surface area contributed by atoms with Crippen molar-refractivity contribution in [3.05, 3.63) is 64.5 Å². The van der Waals surface area contributed by atoms with E-state index in [2.05, 4.69) is 27.4 Å². The first-order chi connectivity index (χ1) is 14.5. The molecule has 30 heavy (non-hydrogen) atoms. The summed E-state index contributed by atoms with van der Waals surface area (Å²) in [6.45, 7) is 3.42. The number of carbonyl (C=O) groups is 1. The summed E-state index contributed by atoms with van der Waals surface area (Å²) < 4.78 is 0. The Kier molecular flexibility index (Phi) is 6.20. The lowest BCUT2D eigenvalue weighted by Gasteiger charge is -2.40. The topological polar surface area (TPSA) is 75.9 Å². The number of benzene rings is 1. The minimum Gasteiger partial charge on any atom is -0.368 e. The van der Waals surface area contributed by atoms with Crippen molar-refractivity contribution in [3.63, 3.8) is 0 Å². The summed E-state index contributed by atoms with van der Waals surface area (Å²) in [5.74, 6) is 0.940. The standard InChI is InChI=1S/C21H22Cl2N6O/c1-14-4-3-11-28(18(14)13-25-19-8-7-15(22)12-24-19)21(30)20-16(23)5-2-6-17(20)29-26-9-10-27-29/h2,5-10,12,14,18H,3-4,11,13H2,1H3,(H,24,25)/t14-,18?/m1/s1. The van der Waals surface area contributed by atoms with Crippen LogP contribution < -0.4 is 5.32 Å². The number of carbonyl (C=O) groups excluding carboxylic acids is 1. The van der Waals surface area contributed by atoms with Gasteiger partial charge in [-0.2, -0.15) is 15.0 Å². The van der Waals surface area contributed by atoms with Crippen molar-refractivity contribution in [2.24, 2.45) is 5.92 Å². The van der Waals surface area contributed by atoms with Crippen molar-refractivity contribution in [3.8, 4) is 5.69 Å². The van der Waals surface area contributed by atoms with Crippen LogP contribution in [-0.4, -0.2) is 49.9 Å². The predicted octanol–water partition coefficient (Wildman–Crippen LogP) is 4.32. The minimum absolute atomic E-state index is 0.00145. The van der Waals surface area contributed by atoms with E-state index < -0.39 is 0 Å². The number of likely N-dealkylation sites (tertiary alicyclic amines) is 1. The van der Waals surface area contributed by atoms with Gasteiger partial charge in [0, 0.05) is 19.3 Å². The smallest absolute Gasteiger partial charge is 0.257 e. The summed E-state index contributed by atoms with van der Waals surface area (Å²) >= 11 is 12.4. The highest BCUT2D eigenvalue weighted by Crippen LogP contribution is 2.30. The molecule has 1 aromatic carbocycles. The lowest BCUT2D eigenvalue weighted by molar-refractivity contribution is 0.0540. The van der Waals surface area contributed by atoms with Gasteiger partial charge < -0.3 is 10.2 Å². The Balaban J connectivity index is 1.61. The maximum absolute atomic E-state index is 13.7. The lowest BCUT2D eigenvalue weighted by atomic mass is 9.90. The van der Waals surface area contributed by atoms with Crippen LogP contribution >= 0.6 is 23.2 Å². The molecule has 0 spiro atoms. The van der Waals surface area contributed by atoms with E-state index in [1.54, 1.807) is 42.9 Å². The van der Waals surface area contributed by atoms with Gasteiger partial charge in [0.15, 0.2) is 0 Å². The number of piperidine rings is 1. The van der Waals surface area contributed by atoms with Crippen LogP contribution in [0.5, 0.6) is 0 Å². The van der Waals surface area contributed by atoms with Gasteiger partial charge in [0.1, 0.15) is 5.82 Å². The van der Waals surface area contributed by atoms with Crippen LogP contribution in [0.15, 0.2) is 48.9 Å². The normalized spacial score (nSPS) is 19.0. The average Bonchev–Trinajstić information content (AvgIpc) is 3.28. The molecule has 0 aliphatic carbocycles. The molecule has 3 aromatic rings. The fourth-order valence-corrected chi connectivity index (χ4v) is 4.24. The minimum atomic E-state index is -0.115. The fourth-order valence-electron chi connectivity index (χ4n) is 3.88. The van der Waals surface area contributed by atoms with Crippen molar-refractivity contribution in [2.45, 2.75) is 25.8 Å². The number of pyridine rings is 1. The van der Waals surface area contributed by atoms with Crippen LogP contribution in [0.3, 0.4) is 0 Å². The molecular weight excluding hydrogens is 423 g/mol. The Morgan fingerprint density at radius 2 is 2.00 bits per heavy atom. The lowest BCUT2D eigenvalue weighted by Crippen LogP contribution is -2.51. The van der Waals surface area contributed by atoms with Crippen molar-refractivity contribution in [1.29, 1.82) is 0 Å². The molecule has 4 rings (SSSR count). The third-order valence-corrected chi connectivity index (χ3v) is 5.97. The second-order valence-electron chi connectivity index (χ2n) is 7.38. The highest BCUT2D eigenvalue weighted by molar-refractivity contribution is 6.34. The van der Waals surface area contributed by atoms with Crippen molar-refractivity contribution in [1.82, 2.24) is 24.9 Å². The Morgan fingerprint density at radius 3 is 2.73 bits per heavy atom. The summed E-state index contributed by atoms with van der Waals surface area (Å²) in [7, 11) is 0. The van der Waals surface area contributed by atoms with Crippen molar-refractivity contribution < 1.29 is 4.79 Å². The highest BCUT2D eigenvalue weighted by Gasteiger charge is 2.34. The van der Waals surface area contributed by atoms with E-state index in [-0.39, 0.29) is 11.9 Å². The van der Waals surface area contributed by atoms with E-state index in [1.165, 1.54) is 4.80 Å². The molecular formula is C21H22Cl2N6O. The molecule has 156 valence electrons. The van der Waals surface area contributed by atoms with E-state index in [0.717, 1.165) is 18.7 Å². The van der Waals surface area contributed by atoms with E-state index in [1.807, 2.05) is 11.0 Å². The SMILES string of the molecule is C[C@@H]1CCCN(C(=O)c2c(Cl)cccc2-n2nccn2)C1CNc1ccc(Cl)cn1. The Hall–Kier alpha value is -2.64. The molecule has 9 heteroatoms. The van der Waals surface area contributed by atoms with Gasteiger partial charge >= 0.3 is 0 Å². The maximum atomic E-state index is 13.7. The molecule has 1 aliphatic rings. The Bertz CT molecular complexity index is 1010. The molecule has 2 aromatic heterocycles. The number of amides is 1. The number of hydrogen-bond donors (Lipinski definition) is 1. The average molecular weight is 445 g/mol. The van der Waals surface area contributed by atoms with Crippen molar-refractivity contribution >= 4 is 34.9 Å². The van der Waals surface area contributed by atoms with Gasteiger partial charge in [0.05, 0.1) is 39.7 Å². The number of anilines is 1. The van der Waals surface area contributed by atoms with Crippen LogP contribution in [0.1, 0.15) is 30.1 Å². The molecule has 1 fully saturated rings. The van der Waals surface area contributed by atoms with Crippen molar-refractivity contribution in [2.75, 3.05) is 18.4 Å². The van der Waals surface area contributed by atoms with Gasteiger partial charge in [-0.1, -0.05) is 36.2 Å². The van der Waals surface area contributed by atoms with Gasteiger partial charge in [-0.05, 0) is 43.0 Å². The van der Waals surface area contributed by atoms with E-state index in [0.29, 0.717) is 40.3 Å². The number of halogens is 2. The van der Waals surface area contributed by atoms with Crippen LogP contribution in [-0.2, 0) is 0 Å². The summed E-state index contributed by atoms with van der Waals surface area (Å²) in [5, 5.41) is 12.7. The third kappa shape index (κ3) is 4.27. The summed E-state index contributed by atoms with van der Waals surface area (Å²) in [6.07, 6.45) is 6.75. The Morgan fingerprint density at radius 1 is 1.20 bits per heavy atom. The molecule has 0 radical (unpaired) electrons. The first-order valence-corrected chi connectivity index (χ1v) is 10.6. The van der Waals surface area contributed by atoms with Gasteiger partial charge in [-0.15, -0.1) is 0 Å². The second-order valence-corrected chi connectivity index (χ2v) is 8.22. The molecule has 1 N–H and O–H groups in total. The molecule has 1 saturated heterocycles. The Labute approximate surface area is 185 Å². The molecule has 1 amide bonds. The van der Waals surface area contributed by atoms with Crippen LogP contribution in [0.4, 0.5) is 5.82 Å². The number of nitrogens with one attached hydrogen (secondary N) is 1. The number of aromatic nitrogens is 4. The molecule has 2 atom stereocenters. The van der Waals surface area contributed by atoms with Gasteiger partial charge in [0.25, 0.3) is 5.91 Å². The third-order valence-electron chi connectivity index (χ3n) is 5.44. The summed E-state index contributed by atoms with van der Waals surface area (Å²) in [4.78, 5) is 21.3. The molecule has 1 unspecified atom stereocenters. The first-order valence-electron chi connectivity index (χ1n) is 9.86. The van der Waals surface area contributed by atoms with Crippen LogP contribution in [0.25, 0.3) is 5.69 Å². The number of rotatable bonds is 5. The summed E-state index contributed by atoms with van der Waals surface area (Å²) in [6, 6.07) is 8.94. The zero-order valence-corrected chi connectivity index (χ0v) is 18.0. The zero-order chi connectivity index (χ0) is 21.1. The number of hydrogen-bond acceptors (Lipinski definition) is 5. The molecule has 3 heterocycles. The molecule has 0 bridgehead atoms. The largest absolute Gasteiger partial charge is 0.368 e. The van der Waals surface area contributed by atoms with E-state index in [4.69, 9.17) is 23.2 Å². The van der Waals surface area contributed by atoms with Gasteiger partial charge in [-0.25, -0.2) is 4.98 Å². The first kappa shape index (κ1) is 20.6. The molecule has 0 saturated carbocycles. The highest BCUT2D eigenvalue weighted by atomic mass is 35.5. The summed E-state index contributed by atoms with van der Waals surface area (Å²) in [5.41, 5.74) is 0.987. The molecule has 7 nitrogen and oxygen atoms in total. The van der Waals surface area contributed by atoms with Crippen LogP contribution in [0, 0.1) is 5.92 Å². The maximum Gasteiger partial charge on any atom is 0.257 e. The van der Waals surface area contributed by atoms with Gasteiger partial charge in [0.2, 0.25) is 0 Å². The van der Waals surface area contributed by atoms with Crippen LogP contribution in [0.2, 0.25) is 10.0 Å². The predicted molar refractivity (Wildman–Crippen MR) is 117 cm³/mol. The van der Waals surface area contributed by atoms with E-state index >= 15 is 0 Å². The second kappa shape index (κ2) is 9.02. The zero-order valence-electron chi connectivity index (χ0n) is 16.5. The fraction of sp³-hybridized carbons (Fsp3) is 0.333. The van der Waals surface area contributed by atoms with Gasteiger partial charge in [-0.3, -0.25) is 4.79 Å². The monoisotopic (exact) mass is 444 g/mol. The molecule has 1 aliphatic heterocycles. The number of nitrogens with zero attached hydrogens (tertiary/aromatic N) is 5. The quantitative estimate of drug-likeness (QED) is 0.633.